The lowest BCUT2D eigenvalue weighted by Gasteiger charge is -1.98. The Bertz CT molecular complexity index is 333. The zero-order valence-electron chi connectivity index (χ0n) is 7.74. The first-order chi connectivity index (χ1) is 6.78. The molecule has 0 saturated heterocycles. The van der Waals surface area contributed by atoms with Gasteiger partial charge >= 0.3 is 0 Å². The van der Waals surface area contributed by atoms with Gasteiger partial charge in [0.15, 0.2) is 0 Å². The number of amides is 1. The van der Waals surface area contributed by atoms with Crippen molar-refractivity contribution >= 4 is 23.2 Å². The number of anilines is 1. The molecule has 1 saturated carbocycles. The fourth-order valence-corrected chi connectivity index (χ4v) is 1.35. The average Bonchev–Trinajstić information content (AvgIpc) is 2.87. The average molecular weight is 214 g/mol. The summed E-state index contributed by atoms with van der Waals surface area (Å²) in [6, 6.07) is 0. The van der Waals surface area contributed by atoms with Crippen LogP contribution in [0.4, 0.5) is 5.69 Å². The molecule has 1 aromatic heterocycles. The maximum absolute atomic E-state index is 10.9. The SMILES string of the molecule is O=C(CCl)Nc1cnn(CC2CC2)c1. The number of halogens is 1. The molecule has 1 amide bonds. The largest absolute Gasteiger partial charge is 0.322 e. The summed E-state index contributed by atoms with van der Waals surface area (Å²) in [6.07, 6.45) is 6.07. The number of rotatable bonds is 4. The van der Waals surface area contributed by atoms with Gasteiger partial charge in [0.05, 0.1) is 11.9 Å². The first kappa shape index (κ1) is 9.52. The highest BCUT2D eigenvalue weighted by molar-refractivity contribution is 6.29. The van der Waals surface area contributed by atoms with Crippen LogP contribution in [0.25, 0.3) is 0 Å². The number of aromatic nitrogens is 2. The third-order valence-electron chi connectivity index (χ3n) is 2.18. The molecule has 0 bridgehead atoms. The molecule has 0 radical (unpaired) electrons. The summed E-state index contributed by atoms with van der Waals surface area (Å²) in [4.78, 5) is 10.9. The Labute approximate surface area is 87.2 Å². The molecule has 0 aliphatic heterocycles. The van der Waals surface area contributed by atoms with E-state index in [0.717, 1.165) is 18.2 Å². The molecular formula is C9H12ClN3O. The number of nitrogens with zero attached hydrogens (tertiary/aromatic N) is 2. The van der Waals surface area contributed by atoms with Crippen molar-refractivity contribution in [2.24, 2.45) is 5.92 Å². The third-order valence-corrected chi connectivity index (χ3v) is 2.42. The van der Waals surface area contributed by atoms with E-state index in [2.05, 4.69) is 10.4 Å². The van der Waals surface area contributed by atoms with Gasteiger partial charge in [-0.2, -0.15) is 5.10 Å². The predicted octanol–water partition coefficient (Wildman–Crippen LogP) is 1.47. The van der Waals surface area contributed by atoms with Crippen LogP contribution in [-0.2, 0) is 11.3 Å². The van der Waals surface area contributed by atoms with Crippen molar-refractivity contribution in [1.29, 1.82) is 0 Å². The van der Waals surface area contributed by atoms with Gasteiger partial charge in [-0.3, -0.25) is 9.48 Å². The van der Waals surface area contributed by atoms with Crippen molar-refractivity contribution in [3.8, 4) is 0 Å². The van der Waals surface area contributed by atoms with E-state index in [1.165, 1.54) is 12.8 Å². The van der Waals surface area contributed by atoms with Crippen LogP contribution in [0.5, 0.6) is 0 Å². The molecule has 14 heavy (non-hydrogen) atoms. The Hall–Kier alpha value is -1.03. The molecule has 5 heteroatoms. The maximum Gasteiger partial charge on any atom is 0.239 e. The van der Waals surface area contributed by atoms with Crippen molar-refractivity contribution in [2.75, 3.05) is 11.2 Å². The van der Waals surface area contributed by atoms with Gasteiger partial charge in [0, 0.05) is 12.7 Å². The number of carbonyl (C=O) groups is 1. The van der Waals surface area contributed by atoms with E-state index in [1.54, 1.807) is 6.20 Å². The van der Waals surface area contributed by atoms with Gasteiger partial charge in [0.1, 0.15) is 5.88 Å². The van der Waals surface area contributed by atoms with E-state index < -0.39 is 0 Å². The van der Waals surface area contributed by atoms with Gasteiger partial charge in [0.2, 0.25) is 5.91 Å². The van der Waals surface area contributed by atoms with Gasteiger partial charge in [-0.1, -0.05) is 0 Å². The van der Waals surface area contributed by atoms with Crippen LogP contribution >= 0.6 is 11.6 Å². The second kappa shape index (κ2) is 4.00. The van der Waals surface area contributed by atoms with Crippen LogP contribution < -0.4 is 5.32 Å². The molecule has 0 spiro atoms. The maximum atomic E-state index is 10.9. The lowest BCUT2D eigenvalue weighted by Crippen LogP contribution is -2.11. The minimum atomic E-state index is -0.197. The quantitative estimate of drug-likeness (QED) is 0.770. The molecule has 1 N–H and O–H groups in total. The smallest absolute Gasteiger partial charge is 0.239 e. The fourth-order valence-electron chi connectivity index (χ4n) is 1.29. The van der Waals surface area contributed by atoms with Gasteiger partial charge < -0.3 is 5.32 Å². The summed E-state index contributed by atoms with van der Waals surface area (Å²) in [5.41, 5.74) is 0.719. The Morgan fingerprint density at radius 1 is 1.71 bits per heavy atom. The van der Waals surface area contributed by atoms with E-state index in [9.17, 15) is 4.79 Å². The monoisotopic (exact) mass is 213 g/mol. The molecule has 1 aliphatic rings. The molecule has 2 rings (SSSR count). The van der Waals surface area contributed by atoms with E-state index >= 15 is 0 Å². The zero-order chi connectivity index (χ0) is 9.97. The number of hydrogen-bond donors (Lipinski definition) is 1. The Morgan fingerprint density at radius 3 is 3.14 bits per heavy atom. The Morgan fingerprint density at radius 2 is 2.50 bits per heavy atom. The minimum absolute atomic E-state index is 0.0200. The summed E-state index contributed by atoms with van der Waals surface area (Å²) >= 11 is 5.36. The highest BCUT2D eigenvalue weighted by Gasteiger charge is 2.21. The van der Waals surface area contributed by atoms with Gasteiger partial charge in [-0.15, -0.1) is 11.6 Å². The van der Waals surface area contributed by atoms with Gasteiger partial charge in [0.25, 0.3) is 0 Å². The lowest BCUT2D eigenvalue weighted by molar-refractivity contribution is -0.113. The van der Waals surface area contributed by atoms with E-state index in [0.29, 0.717) is 0 Å². The number of carbonyl (C=O) groups excluding carboxylic acids is 1. The minimum Gasteiger partial charge on any atom is -0.322 e. The molecular weight excluding hydrogens is 202 g/mol. The normalized spacial score (nSPS) is 15.5. The number of nitrogens with one attached hydrogen (secondary N) is 1. The molecule has 1 aromatic rings. The lowest BCUT2D eigenvalue weighted by atomic mass is 10.4. The Kier molecular flexibility index (Phi) is 2.72. The van der Waals surface area contributed by atoms with Crippen molar-refractivity contribution in [1.82, 2.24) is 9.78 Å². The first-order valence-electron chi connectivity index (χ1n) is 4.66. The summed E-state index contributed by atoms with van der Waals surface area (Å²) in [5, 5.41) is 6.79. The molecule has 0 unspecified atom stereocenters. The van der Waals surface area contributed by atoms with Crippen molar-refractivity contribution in [3.05, 3.63) is 12.4 Å². The van der Waals surface area contributed by atoms with Crippen LogP contribution in [0.15, 0.2) is 12.4 Å². The molecule has 0 aromatic carbocycles. The summed E-state index contributed by atoms with van der Waals surface area (Å²) in [6.45, 7) is 0.955. The molecule has 1 heterocycles. The van der Waals surface area contributed by atoms with Crippen molar-refractivity contribution in [2.45, 2.75) is 19.4 Å². The van der Waals surface area contributed by atoms with Gasteiger partial charge in [-0.25, -0.2) is 0 Å². The van der Waals surface area contributed by atoms with Crippen molar-refractivity contribution < 1.29 is 4.79 Å². The fraction of sp³-hybridized carbons (Fsp3) is 0.556. The van der Waals surface area contributed by atoms with Crippen LogP contribution in [0.3, 0.4) is 0 Å². The second-order valence-electron chi connectivity index (χ2n) is 3.58. The number of hydrogen-bond acceptors (Lipinski definition) is 2. The summed E-state index contributed by atoms with van der Waals surface area (Å²) < 4.78 is 1.86. The van der Waals surface area contributed by atoms with Crippen LogP contribution in [-0.4, -0.2) is 21.6 Å². The summed E-state index contributed by atoms with van der Waals surface area (Å²) in [5.74, 6) is 0.567. The van der Waals surface area contributed by atoms with Crippen molar-refractivity contribution in [3.63, 3.8) is 0 Å². The van der Waals surface area contributed by atoms with Crippen LogP contribution in [0.2, 0.25) is 0 Å². The van der Waals surface area contributed by atoms with Crippen LogP contribution in [0.1, 0.15) is 12.8 Å². The molecule has 0 atom stereocenters. The third kappa shape index (κ3) is 2.48. The highest BCUT2D eigenvalue weighted by atomic mass is 35.5. The molecule has 1 aliphatic carbocycles. The zero-order valence-corrected chi connectivity index (χ0v) is 8.50. The second-order valence-corrected chi connectivity index (χ2v) is 3.84. The topological polar surface area (TPSA) is 46.9 Å². The standard InChI is InChI=1S/C9H12ClN3O/c10-3-9(14)12-8-4-11-13(6-8)5-7-1-2-7/h4,6-7H,1-3,5H2,(H,12,14). The van der Waals surface area contributed by atoms with E-state index in [-0.39, 0.29) is 11.8 Å². The molecule has 76 valence electrons. The number of alkyl halides is 1. The first-order valence-corrected chi connectivity index (χ1v) is 5.19. The van der Waals surface area contributed by atoms with E-state index in [4.69, 9.17) is 11.6 Å². The summed E-state index contributed by atoms with van der Waals surface area (Å²) in [7, 11) is 0. The van der Waals surface area contributed by atoms with Crippen LogP contribution in [0, 0.1) is 5.92 Å². The molecule has 4 nitrogen and oxygen atoms in total. The Balaban J connectivity index is 1.91. The molecule has 1 fully saturated rings. The highest BCUT2D eigenvalue weighted by Crippen LogP contribution is 2.30. The van der Waals surface area contributed by atoms with Gasteiger partial charge in [-0.05, 0) is 18.8 Å². The predicted molar refractivity (Wildman–Crippen MR) is 54.3 cm³/mol. The van der Waals surface area contributed by atoms with E-state index in [1.807, 2.05) is 10.9 Å².